The summed E-state index contributed by atoms with van der Waals surface area (Å²) in [5.41, 5.74) is 2.11. The monoisotopic (exact) mass is 219 g/mol. The van der Waals surface area contributed by atoms with Gasteiger partial charge in [-0.2, -0.15) is 0 Å². The van der Waals surface area contributed by atoms with Crippen LogP contribution in [0.15, 0.2) is 24.3 Å². The number of hydrogen-bond acceptors (Lipinski definition) is 2. The summed E-state index contributed by atoms with van der Waals surface area (Å²) in [6, 6.07) is 7.95. The van der Waals surface area contributed by atoms with E-state index in [1.807, 2.05) is 31.2 Å². The highest BCUT2D eigenvalue weighted by atomic mass is 16.5. The third-order valence-corrected chi connectivity index (χ3v) is 2.38. The average Bonchev–Trinajstić information content (AvgIpc) is 2.69. The van der Waals surface area contributed by atoms with Crippen molar-refractivity contribution in [3.05, 3.63) is 30.1 Å². The van der Waals surface area contributed by atoms with Gasteiger partial charge < -0.3 is 4.74 Å². The number of aromatic nitrogens is 2. The topological polar surface area (TPSA) is 56.2 Å². The maximum absolute atomic E-state index is 11.2. The summed E-state index contributed by atoms with van der Waals surface area (Å²) in [7, 11) is 0. The molecule has 2 aromatic rings. The molecule has 0 spiro atoms. The first-order chi connectivity index (χ1) is 7.79. The Balaban J connectivity index is 2.02. The van der Waals surface area contributed by atoms with E-state index in [-0.39, 0.29) is 5.97 Å². The Bertz CT molecular complexity index is 457. The van der Waals surface area contributed by atoms with E-state index >= 15 is 0 Å². The van der Waals surface area contributed by atoms with Crippen molar-refractivity contribution in [1.82, 2.24) is 4.98 Å². The van der Waals surface area contributed by atoms with Crippen LogP contribution >= 0.6 is 0 Å². The van der Waals surface area contributed by atoms with Crippen molar-refractivity contribution in [3.8, 4) is 0 Å². The minimum atomic E-state index is -0.158. The maximum atomic E-state index is 11.2. The van der Waals surface area contributed by atoms with E-state index in [0.717, 1.165) is 16.9 Å². The van der Waals surface area contributed by atoms with Gasteiger partial charge >= 0.3 is 5.97 Å². The minimum Gasteiger partial charge on any atom is -0.466 e. The molecule has 0 saturated carbocycles. The number of para-hydroxylation sites is 2. The van der Waals surface area contributed by atoms with Gasteiger partial charge in [-0.05, 0) is 19.1 Å². The van der Waals surface area contributed by atoms with Crippen LogP contribution in [0.4, 0.5) is 0 Å². The smallest absolute Gasteiger partial charge is 0.306 e. The van der Waals surface area contributed by atoms with Gasteiger partial charge in [0.25, 0.3) is 5.82 Å². The highest BCUT2D eigenvalue weighted by Crippen LogP contribution is 2.07. The number of ether oxygens (including phenoxy) is 1. The average molecular weight is 219 g/mol. The third-order valence-electron chi connectivity index (χ3n) is 2.38. The van der Waals surface area contributed by atoms with Crippen LogP contribution in [0.25, 0.3) is 11.0 Å². The molecule has 0 radical (unpaired) electrons. The molecule has 0 aliphatic carbocycles. The first kappa shape index (κ1) is 10.7. The van der Waals surface area contributed by atoms with Crippen LogP contribution in [0.1, 0.15) is 19.2 Å². The molecule has 4 nitrogen and oxygen atoms in total. The van der Waals surface area contributed by atoms with Crippen molar-refractivity contribution in [2.75, 3.05) is 6.61 Å². The second-order valence-electron chi connectivity index (χ2n) is 3.58. The van der Waals surface area contributed by atoms with Crippen LogP contribution in [0, 0.1) is 0 Å². The number of rotatable bonds is 4. The number of esters is 1. The highest BCUT2D eigenvalue weighted by Gasteiger charge is 2.11. The van der Waals surface area contributed by atoms with Crippen molar-refractivity contribution >= 4 is 17.0 Å². The van der Waals surface area contributed by atoms with Crippen molar-refractivity contribution in [3.63, 3.8) is 0 Å². The fourth-order valence-corrected chi connectivity index (χ4v) is 1.64. The third kappa shape index (κ3) is 2.39. The molecule has 0 aliphatic heterocycles. The molecule has 4 heteroatoms. The number of carbonyl (C=O) groups is 1. The fourth-order valence-electron chi connectivity index (χ4n) is 1.64. The first-order valence-corrected chi connectivity index (χ1v) is 5.44. The van der Waals surface area contributed by atoms with Gasteiger partial charge in [0.15, 0.2) is 11.0 Å². The zero-order valence-corrected chi connectivity index (χ0v) is 9.25. The molecule has 2 N–H and O–H groups in total. The Labute approximate surface area is 93.6 Å². The maximum Gasteiger partial charge on any atom is 0.306 e. The van der Waals surface area contributed by atoms with E-state index in [0.29, 0.717) is 19.4 Å². The number of aryl methyl sites for hydroxylation is 1. The zero-order chi connectivity index (χ0) is 11.4. The number of hydrogen-bond donors (Lipinski definition) is 1. The van der Waals surface area contributed by atoms with Gasteiger partial charge in [-0.3, -0.25) is 4.79 Å². The molecule has 0 aliphatic rings. The Hall–Kier alpha value is -1.84. The van der Waals surface area contributed by atoms with Gasteiger partial charge in [0.2, 0.25) is 0 Å². The molecule has 1 aromatic heterocycles. The molecule has 0 atom stereocenters. The van der Waals surface area contributed by atoms with Crippen LogP contribution in [0.2, 0.25) is 0 Å². The Morgan fingerprint density at radius 2 is 2.25 bits per heavy atom. The Morgan fingerprint density at radius 3 is 3.00 bits per heavy atom. The molecule has 84 valence electrons. The van der Waals surface area contributed by atoms with Crippen molar-refractivity contribution in [1.29, 1.82) is 0 Å². The lowest BCUT2D eigenvalue weighted by atomic mass is 10.3. The summed E-state index contributed by atoms with van der Waals surface area (Å²) in [5.74, 6) is 0.795. The molecule has 2 rings (SSSR count). The lowest BCUT2D eigenvalue weighted by Crippen LogP contribution is -2.11. The van der Waals surface area contributed by atoms with Crippen LogP contribution in [0.5, 0.6) is 0 Å². The first-order valence-electron chi connectivity index (χ1n) is 5.44. The highest BCUT2D eigenvalue weighted by molar-refractivity contribution is 5.71. The van der Waals surface area contributed by atoms with E-state index in [2.05, 4.69) is 9.97 Å². The molecule has 0 fully saturated rings. The summed E-state index contributed by atoms with van der Waals surface area (Å²) in [5, 5.41) is 0. The molecule has 0 amide bonds. The predicted molar refractivity (Wildman–Crippen MR) is 59.8 cm³/mol. The van der Waals surface area contributed by atoms with Crippen LogP contribution in [0.3, 0.4) is 0 Å². The standard InChI is InChI=1S/C12H14N2O2/c1-2-16-12(15)8-7-11-13-9-5-3-4-6-10(9)14-11/h3-6H,2,7-8H2,1H3,(H,13,14)/p+1. The number of carbonyl (C=O) groups excluding carboxylic acids is 1. The lowest BCUT2D eigenvalue weighted by molar-refractivity contribution is -0.357. The van der Waals surface area contributed by atoms with Crippen LogP contribution < -0.4 is 4.98 Å². The minimum absolute atomic E-state index is 0.158. The zero-order valence-electron chi connectivity index (χ0n) is 9.25. The lowest BCUT2D eigenvalue weighted by Gasteiger charge is -1.97. The van der Waals surface area contributed by atoms with E-state index in [4.69, 9.17) is 4.74 Å². The summed E-state index contributed by atoms with van der Waals surface area (Å²) in [4.78, 5) is 17.6. The number of aromatic amines is 2. The normalized spacial score (nSPS) is 10.6. The quantitative estimate of drug-likeness (QED) is 0.792. The molecule has 1 heterocycles. The fraction of sp³-hybridized carbons (Fsp3) is 0.333. The van der Waals surface area contributed by atoms with Gasteiger partial charge in [0, 0.05) is 0 Å². The second-order valence-corrected chi connectivity index (χ2v) is 3.58. The number of imidazole rings is 1. The SMILES string of the molecule is CCOC(=O)CCc1[nH]c2ccccc2[nH+]1. The number of H-pyrrole nitrogens is 2. The van der Waals surface area contributed by atoms with Gasteiger partial charge in [0.1, 0.15) is 0 Å². The molecule has 0 saturated heterocycles. The van der Waals surface area contributed by atoms with Gasteiger partial charge in [-0.1, -0.05) is 12.1 Å². The Morgan fingerprint density at radius 1 is 1.44 bits per heavy atom. The van der Waals surface area contributed by atoms with Gasteiger partial charge in [-0.25, -0.2) is 9.97 Å². The van der Waals surface area contributed by atoms with Crippen molar-refractivity contribution in [2.45, 2.75) is 19.8 Å². The van der Waals surface area contributed by atoms with Crippen LogP contribution in [-0.4, -0.2) is 17.6 Å². The van der Waals surface area contributed by atoms with E-state index in [1.165, 1.54) is 0 Å². The number of nitrogens with one attached hydrogen (secondary N) is 2. The summed E-state index contributed by atoms with van der Waals surface area (Å²) >= 11 is 0. The largest absolute Gasteiger partial charge is 0.466 e. The molecular formula is C12H15N2O2+. The summed E-state index contributed by atoms with van der Waals surface area (Å²) < 4.78 is 4.87. The van der Waals surface area contributed by atoms with Gasteiger partial charge in [-0.15, -0.1) is 0 Å². The predicted octanol–water partition coefficient (Wildman–Crippen LogP) is 1.48. The number of fused-ring (bicyclic) bond motifs is 1. The van der Waals surface area contributed by atoms with E-state index in [9.17, 15) is 4.79 Å². The molecule has 0 bridgehead atoms. The van der Waals surface area contributed by atoms with Crippen molar-refractivity contribution < 1.29 is 14.5 Å². The molecule has 1 aromatic carbocycles. The molecule has 0 unspecified atom stereocenters. The van der Waals surface area contributed by atoms with E-state index < -0.39 is 0 Å². The van der Waals surface area contributed by atoms with E-state index in [1.54, 1.807) is 0 Å². The molecular weight excluding hydrogens is 204 g/mol. The Kier molecular flexibility index (Phi) is 3.19. The summed E-state index contributed by atoms with van der Waals surface area (Å²) in [6.07, 6.45) is 1.05. The van der Waals surface area contributed by atoms with Crippen molar-refractivity contribution in [2.24, 2.45) is 0 Å². The van der Waals surface area contributed by atoms with Gasteiger partial charge in [0.05, 0.1) is 19.4 Å². The van der Waals surface area contributed by atoms with Crippen LogP contribution in [-0.2, 0) is 16.0 Å². The summed E-state index contributed by atoms with van der Waals surface area (Å²) in [6.45, 7) is 2.25. The number of benzene rings is 1. The molecule has 16 heavy (non-hydrogen) atoms. The second kappa shape index (κ2) is 4.79.